The smallest absolute Gasteiger partial charge is 0.252 e. The molecule has 2 aromatic carbocycles. The van der Waals surface area contributed by atoms with Gasteiger partial charge in [-0.1, -0.05) is 44.2 Å². The van der Waals surface area contributed by atoms with Crippen LogP contribution in [0.15, 0.2) is 48.5 Å². The third kappa shape index (κ3) is 5.95. The van der Waals surface area contributed by atoms with Crippen molar-refractivity contribution in [2.75, 3.05) is 26.2 Å². The topological polar surface area (TPSA) is 76.4 Å². The summed E-state index contributed by atoms with van der Waals surface area (Å²) in [6.45, 7) is 9.65. The largest absolute Gasteiger partial charge is 0.340 e. The summed E-state index contributed by atoms with van der Waals surface area (Å²) in [5.41, 5.74) is 3.33. The summed E-state index contributed by atoms with van der Waals surface area (Å²) in [6, 6.07) is 16.7. The van der Waals surface area contributed by atoms with Crippen LogP contribution in [0.4, 0.5) is 0 Å². The number of benzene rings is 2. The first-order chi connectivity index (χ1) is 15.4. The SMILES string of the molecule is Cc1ccccc1C(=O)NC(C(=O)N1CCCN(Cc2ccc(C#N)cc2)CC1)C(C)C. The number of amides is 2. The molecule has 0 aliphatic carbocycles. The highest BCUT2D eigenvalue weighted by Crippen LogP contribution is 2.14. The van der Waals surface area contributed by atoms with Gasteiger partial charge in [-0.15, -0.1) is 0 Å². The van der Waals surface area contributed by atoms with E-state index in [0.717, 1.165) is 37.2 Å². The highest BCUT2D eigenvalue weighted by atomic mass is 16.2. The van der Waals surface area contributed by atoms with Gasteiger partial charge in [-0.2, -0.15) is 5.26 Å². The number of nitrogens with one attached hydrogen (secondary N) is 1. The van der Waals surface area contributed by atoms with Gasteiger partial charge in [-0.05, 0) is 48.6 Å². The van der Waals surface area contributed by atoms with Gasteiger partial charge >= 0.3 is 0 Å². The molecule has 2 aromatic rings. The van der Waals surface area contributed by atoms with Crippen molar-refractivity contribution in [2.45, 2.75) is 39.8 Å². The summed E-state index contributed by atoms with van der Waals surface area (Å²) in [5.74, 6) is -0.219. The first kappa shape index (κ1) is 23.5. The fourth-order valence-electron chi connectivity index (χ4n) is 4.05. The minimum atomic E-state index is -0.549. The number of carbonyl (C=O) groups excluding carboxylic acids is 2. The molecule has 6 nitrogen and oxygen atoms in total. The molecule has 0 spiro atoms. The molecule has 1 N–H and O–H groups in total. The van der Waals surface area contributed by atoms with Crippen LogP contribution in [0.5, 0.6) is 0 Å². The van der Waals surface area contributed by atoms with Crippen molar-refractivity contribution in [3.8, 4) is 6.07 Å². The first-order valence-corrected chi connectivity index (χ1v) is 11.3. The molecular formula is C26H32N4O2. The van der Waals surface area contributed by atoms with Crippen molar-refractivity contribution in [3.05, 3.63) is 70.8 Å². The number of nitrogens with zero attached hydrogens (tertiary/aromatic N) is 3. The van der Waals surface area contributed by atoms with Crippen LogP contribution >= 0.6 is 0 Å². The van der Waals surface area contributed by atoms with Crippen LogP contribution in [-0.4, -0.2) is 53.8 Å². The maximum absolute atomic E-state index is 13.3. The lowest BCUT2D eigenvalue weighted by Gasteiger charge is -2.29. The van der Waals surface area contributed by atoms with E-state index in [9.17, 15) is 9.59 Å². The summed E-state index contributed by atoms with van der Waals surface area (Å²) in [7, 11) is 0. The summed E-state index contributed by atoms with van der Waals surface area (Å²) >= 11 is 0. The van der Waals surface area contributed by atoms with Crippen molar-refractivity contribution in [3.63, 3.8) is 0 Å². The lowest BCUT2D eigenvalue weighted by Crippen LogP contribution is -2.52. The van der Waals surface area contributed by atoms with E-state index in [4.69, 9.17) is 5.26 Å². The fraction of sp³-hybridized carbons (Fsp3) is 0.423. The number of hydrogen-bond acceptors (Lipinski definition) is 4. The van der Waals surface area contributed by atoms with Crippen LogP contribution in [0.25, 0.3) is 0 Å². The first-order valence-electron chi connectivity index (χ1n) is 11.3. The van der Waals surface area contributed by atoms with Crippen molar-refractivity contribution in [1.29, 1.82) is 5.26 Å². The van der Waals surface area contributed by atoms with E-state index in [1.807, 2.05) is 68.1 Å². The predicted octanol–water partition coefficient (Wildman–Crippen LogP) is 3.36. The lowest BCUT2D eigenvalue weighted by atomic mass is 10.0. The molecule has 1 aliphatic heterocycles. The van der Waals surface area contributed by atoms with Gasteiger partial charge in [-0.3, -0.25) is 14.5 Å². The molecule has 1 heterocycles. The molecule has 2 amide bonds. The molecule has 1 atom stereocenters. The third-order valence-electron chi connectivity index (χ3n) is 6.00. The molecule has 0 aromatic heterocycles. The van der Waals surface area contributed by atoms with Gasteiger partial charge < -0.3 is 10.2 Å². The third-order valence-corrected chi connectivity index (χ3v) is 6.00. The van der Waals surface area contributed by atoms with E-state index in [0.29, 0.717) is 24.2 Å². The van der Waals surface area contributed by atoms with Gasteiger partial charge in [0.1, 0.15) is 6.04 Å². The van der Waals surface area contributed by atoms with E-state index < -0.39 is 6.04 Å². The highest BCUT2D eigenvalue weighted by Gasteiger charge is 2.30. The summed E-state index contributed by atoms with van der Waals surface area (Å²) in [5, 5.41) is 11.9. The van der Waals surface area contributed by atoms with E-state index >= 15 is 0 Å². The second-order valence-electron chi connectivity index (χ2n) is 8.77. The van der Waals surface area contributed by atoms with Crippen LogP contribution in [0.1, 0.15) is 47.3 Å². The Labute approximate surface area is 190 Å². The molecule has 1 aliphatic rings. The highest BCUT2D eigenvalue weighted by molar-refractivity contribution is 5.98. The lowest BCUT2D eigenvalue weighted by molar-refractivity contribution is -0.134. The van der Waals surface area contributed by atoms with Crippen LogP contribution in [0.2, 0.25) is 0 Å². The molecule has 32 heavy (non-hydrogen) atoms. The van der Waals surface area contributed by atoms with E-state index in [-0.39, 0.29) is 17.7 Å². The van der Waals surface area contributed by atoms with Crippen LogP contribution in [0, 0.1) is 24.2 Å². The molecule has 168 valence electrons. The number of rotatable bonds is 6. The van der Waals surface area contributed by atoms with E-state index in [1.165, 1.54) is 0 Å². The maximum atomic E-state index is 13.3. The molecule has 0 radical (unpaired) electrons. The number of carbonyl (C=O) groups is 2. The Kier molecular flexibility index (Phi) is 8.02. The zero-order valence-electron chi connectivity index (χ0n) is 19.2. The predicted molar refractivity (Wildman–Crippen MR) is 125 cm³/mol. The second kappa shape index (κ2) is 10.9. The number of nitriles is 1. The minimum absolute atomic E-state index is 0.00604. The maximum Gasteiger partial charge on any atom is 0.252 e. The van der Waals surface area contributed by atoms with Crippen LogP contribution in [0.3, 0.4) is 0 Å². The minimum Gasteiger partial charge on any atom is -0.340 e. The Morgan fingerprint density at radius 2 is 1.75 bits per heavy atom. The number of hydrogen-bond donors (Lipinski definition) is 1. The molecular weight excluding hydrogens is 400 g/mol. The normalized spacial score (nSPS) is 15.7. The second-order valence-corrected chi connectivity index (χ2v) is 8.77. The zero-order chi connectivity index (χ0) is 23.1. The zero-order valence-corrected chi connectivity index (χ0v) is 19.2. The quantitative estimate of drug-likeness (QED) is 0.759. The van der Waals surface area contributed by atoms with Gasteiger partial charge in [0, 0.05) is 38.3 Å². The summed E-state index contributed by atoms with van der Waals surface area (Å²) in [6.07, 6.45) is 0.887. The molecule has 1 saturated heterocycles. The van der Waals surface area contributed by atoms with Gasteiger partial charge in [0.25, 0.3) is 5.91 Å². The Hall–Kier alpha value is -3.17. The molecule has 6 heteroatoms. The van der Waals surface area contributed by atoms with Crippen molar-refractivity contribution >= 4 is 11.8 Å². The average Bonchev–Trinajstić information content (AvgIpc) is 3.03. The fourth-order valence-corrected chi connectivity index (χ4v) is 4.05. The average molecular weight is 433 g/mol. The van der Waals surface area contributed by atoms with E-state index in [1.54, 1.807) is 6.07 Å². The Morgan fingerprint density at radius 3 is 2.41 bits per heavy atom. The van der Waals surface area contributed by atoms with Crippen LogP contribution < -0.4 is 5.32 Å². The molecule has 1 unspecified atom stereocenters. The summed E-state index contributed by atoms with van der Waals surface area (Å²) < 4.78 is 0. The van der Waals surface area contributed by atoms with Gasteiger partial charge in [0.2, 0.25) is 5.91 Å². The molecule has 0 saturated carbocycles. The monoisotopic (exact) mass is 432 g/mol. The standard InChI is InChI=1S/C26H32N4O2/c1-19(2)24(28-25(31)23-8-5-4-7-20(23)3)26(32)30-14-6-13-29(15-16-30)18-22-11-9-21(17-27)10-12-22/h4-5,7-12,19,24H,6,13-16,18H2,1-3H3,(H,28,31). The Balaban J connectivity index is 1.61. The Bertz CT molecular complexity index is 978. The van der Waals surface area contributed by atoms with Crippen molar-refractivity contribution in [2.24, 2.45) is 5.92 Å². The van der Waals surface area contributed by atoms with Crippen LogP contribution in [-0.2, 0) is 11.3 Å². The van der Waals surface area contributed by atoms with Crippen molar-refractivity contribution < 1.29 is 9.59 Å². The van der Waals surface area contributed by atoms with Gasteiger partial charge in [0.05, 0.1) is 11.6 Å². The van der Waals surface area contributed by atoms with Gasteiger partial charge in [-0.25, -0.2) is 0 Å². The van der Waals surface area contributed by atoms with Gasteiger partial charge in [0.15, 0.2) is 0 Å². The molecule has 3 rings (SSSR count). The van der Waals surface area contributed by atoms with Crippen molar-refractivity contribution in [1.82, 2.24) is 15.1 Å². The summed E-state index contributed by atoms with van der Waals surface area (Å²) in [4.78, 5) is 30.4. The van der Waals surface area contributed by atoms with E-state index in [2.05, 4.69) is 16.3 Å². The molecule has 1 fully saturated rings. The number of aryl methyl sites for hydroxylation is 1. The Morgan fingerprint density at radius 1 is 1.03 bits per heavy atom. The molecule has 0 bridgehead atoms.